The molecule has 2 aromatic carbocycles. The van der Waals surface area contributed by atoms with Crippen LogP contribution >= 0.6 is 0 Å². The zero-order valence-corrected chi connectivity index (χ0v) is 16.4. The maximum atomic E-state index is 12.4. The van der Waals surface area contributed by atoms with Gasteiger partial charge in [-0.15, -0.1) is 5.10 Å². The van der Waals surface area contributed by atoms with Gasteiger partial charge in [0.05, 0.1) is 23.2 Å². The highest BCUT2D eigenvalue weighted by atomic mass is 16.2. The molecule has 0 aliphatic rings. The lowest BCUT2D eigenvalue weighted by Gasteiger charge is -2.12. The number of hydrogen-bond acceptors (Lipinski definition) is 5. The molecule has 1 aromatic heterocycles. The maximum Gasteiger partial charge on any atom is 0.277 e. The van der Waals surface area contributed by atoms with Crippen LogP contribution in [0, 0.1) is 5.92 Å². The molecule has 0 bridgehead atoms. The van der Waals surface area contributed by atoms with Gasteiger partial charge in [-0.25, -0.2) is 4.68 Å². The van der Waals surface area contributed by atoms with Crippen molar-refractivity contribution >= 4 is 28.4 Å². The van der Waals surface area contributed by atoms with Crippen LogP contribution in [0.25, 0.3) is 10.9 Å². The van der Waals surface area contributed by atoms with Crippen LogP contribution in [0.5, 0.6) is 0 Å². The number of nitrogens with one attached hydrogen (secondary N) is 2. The van der Waals surface area contributed by atoms with Gasteiger partial charge in [0.2, 0.25) is 5.91 Å². The molecule has 0 saturated carbocycles. The Hall–Kier alpha value is -3.55. The Morgan fingerprint density at radius 3 is 2.59 bits per heavy atom. The zero-order valence-electron chi connectivity index (χ0n) is 16.4. The van der Waals surface area contributed by atoms with Crippen LogP contribution in [-0.4, -0.2) is 33.4 Å². The predicted molar refractivity (Wildman–Crippen MR) is 111 cm³/mol. The largest absolute Gasteiger partial charge is 0.352 e. The predicted octanol–water partition coefficient (Wildman–Crippen LogP) is 2.21. The number of aryl methyl sites for hydroxylation is 1. The van der Waals surface area contributed by atoms with Gasteiger partial charge >= 0.3 is 0 Å². The van der Waals surface area contributed by atoms with Gasteiger partial charge in [-0.3, -0.25) is 14.4 Å². The maximum absolute atomic E-state index is 12.4. The van der Waals surface area contributed by atoms with Gasteiger partial charge in [0, 0.05) is 13.0 Å². The van der Waals surface area contributed by atoms with Crippen LogP contribution < -0.4 is 16.2 Å². The molecule has 8 nitrogen and oxygen atoms in total. The molecule has 2 N–H and O–H groups in total. The summed E-state index contributed by atoms with van der Waals surface area (Å²) in [6, 6.07) is 13.7. The van der Waals surface area contributed by atoms with Crippen molar-refractivity contribution in [3.8, 4) is 0 Å². The number of amides is 2. The minimum Gasteiger partial charge on any atom is -0.352 e. The summed E-state index contributed by atoms with van der Waals surface area (Å²) >= 11 is 0. The molecule has 0 aliphatic carbocycles. The average Bonchev–Trinajstić information content (AvgIpc) is 2.72. The van der Waals surface area contributed by atoms with Gasteiger partial charge in [0.1, 0.15) is 5.52 Å². The second-order valence-corrected chi connectivity index (χ2v) is 7.08. The molecule has 3 rings (SSSR count). The summed E-state index contributed by atoms with van der Waals surface area (Å²) < 4.78 is 1.17. The smallest absolute Gasteiger partial charge is 0.277 e. The monoisotopic (exact) mass is 393 g/mol. The summed E-state index contributed by atoms with van der Waals surface area (Å²) in [6.45, 7) is 4.64. The lowest BCUT2D eigenvalue weighted by Crippen LogP contribution is -2.29. The van der Waals surface area contributed by atoms with Gasteiger partial charge in [0.25, 0.3) is 11.5 Å². The van der Waals surface area contributed by atoms with E-state index in [-0.39, 0.29) is 30.3 Å². The van der Waals surface area contributed by atoms with E-state index >= 15 is 0 Å². The molecule has 0 fully saturated rings. The van der Waals surface area contributed by atoms with Gasteiger partial charge in [-0.2, -0.15) is 0 Å². The third kappa shape index (κ3) is 5.04. The molecule has 0 atom stereocenters. The summed E-state index contributed by atoms with van der Waals surface area (Å²) in [5.41, 5.74) is 1.04. The first-order chi connectivity index (χ1) is 14.0. The number of aromatic nitrogens is 3. The Labute approximate surface area is 167 Å². The Bertz CT molecular complexity index is 1090. The van der Waals surface area contributed by atoms with Crippen molar-refractivity contribution in [3.63, 3.8) is 0 Å². The minimum atomic E-state index is -0.323. The number of para-hydroxylation sites is 1. The van der Waals surface area contributed by atoms with Gasteiger partial charge in [0.15, 0.2) is 0 Å². The second-order valence-electron chi connectivity index (χ2n) is 7.08. The standard InChI is InChI=1S/C21H23N5O3/c1-14(2)13-22-20(28)15-7-3-5-9-17(15)23-19(27)11-12-26-21(29)16-8-4-6-10-18(16)24-25-26/h3-10,14H,11-13H2,1-2H3,(H,22,28)(H,23,27). The lowest BCUT2D eigenvalue weighted by atomic mass is 10.1. The van der Waals surface area contributed by atoms with Crippen LogP contribution in [0.1, 0.15) is 30.6 Å². The number of anilines is 1. The topological polar surface area (TPSA) is 106 Å². The summed E-state index contributed by atoms with van der Waals surface area (Å²) in [5, 5.41) is 13.9. The highest BCUT2D eigenvalue weighted by Gasteiger charge is 2.14. The average molecular weight is 393 g/mol. The first-order valence-corrected chi connectivity index (χ1v) is 9.45. The quantitative estimate of drug-likeness (QED) is 0.640. The van der Waals surface area contributed by atoms with E-state index in [9.17, 15) is 14.4 Å². The van der Waals surface area contributed by atoms with E-state index < -0.39 is 0 Å². The Morgan fingerprint density at radius 2 is 1.79 bits per heavy atom. The van der Waals surface area contributed by atoms with Crippen LogP contribution in [0.2, 0.25) is 0 Å². The first kappa shape index (κ1) is 20.2. The number of carbonyl (C=O) groups is 2. The molecule has 29 heavy (non-hydrogen) atoms. The number of rotatable bonds is 7. The second kappa shape index (κ2) is 9.09. The van der Waals surface area contributed by atoms with Crippen molar-refractivity contribution in [2.24, 2.45) is 5.92 Å². The zero-order chi connectivity index (χ0) is 20.8. The Morgan fingerprint density at radius 1 is 1.07 bits per heavy atom. The molecule has 0 spiro atoms. The van der Waals surface area contributed by atoms with E-state index in [2.05, 4.69) is 20.9 Å². The number of benzene rings is 2. The van der Waals surface area contributed by atoms with Crippen molar-refractivity contribution in [2.45, 2.75) is 26.8 Å². The first-order valence-electron chi connectivity index (χ1n) is 9.45. The molecule has 150 valence electrons. The van der Waals surface area contributed by atoms with Crippen LogP contribution in [0.4, 0.5) is 5.69 Å². The van der Waals surface area contributed by atoms with Crippen molar-refractivity contribution in [1.29, 1.82) is 0 Å². The number of hydrogen-bond donors (Lipinski definition) is 2. The van der Waals surface area contributed by atoms with E-state index in [0.717, 1.165) is 0 Å². The van der Waals surface area contributed by atoms with Crippen LogP contribution in [0.15, 0.2) is 53.3 Å². The summed E-state index contributed by atoms with van der Waals surface area (Å²) in [4.78, 5) is 37.2. The fourth-order valence-corrected chi connectivity index (χ4v) is 2.77. The summed E-state index contributed by atoms with van der Waals surface area (Å²) in [5.74, 6) is -0.246. The third-order valence-electron chi connectivity index (χ3n) is 4.30. The molecule has 8 heteroatoms. The molecular formula is C21H23N5O3. The summed E-state index contributed by atoms with van der Waals surface area (Å²) in [7, 11) is 0. The summed E-state index contributed by atoms with van der Waals surface area (Å²) in [6.07, 6.45) is 0.0227. The fourth-order valence-electron chi connectivity index (χ4n) is 2.77. The van der Waals surface area contributed by atoms with Crippen molar-refractivity contribution < 1.29 is 9.59 Å². The molecule has 1 heterocycles. The van der Waals surface area contributed by atoms with E-state index in [1.54, 1.807) is 48.5 Å². The molecule has 0 unspecified atom stereocenters. The lowest BCUT2D eigenvalue weighted by molar-refractivity contribution is -0.116. The Balaban J connectivity index is 1.67. The molecule has 2 amide bonds. The van der Waals surface area contributed by atoms with Crippen LogP contribution in [0.3, 0.4) is 0 Å². The molecule has 3 aromatic rings. The van der Waals surface area contributed by atoms with E-state index in [1.165, 1.54) is 4.68 Å². The van der Waals surface area contributed by atoms with Crippen molar-refractivity contribution in [1.82, 2.24) is 20.3 Å². The molecule has 0 aliphatic heterocycles. The van der Waals surface area contributed by atoms with Crippen LogP contribution in [-0.2, 0) is 11.3 Å². The van der Waals surface area contributed by atoms with Gasteiger partial charge < -0.3 is 10.6 Å². The highest BCUT2D eigenvalue weighted by Crippen LogP contribution is 2.15. The fraction of sp³-hybridized carbons (Fsp3) is 0.286. The third-order valence-corrected chi connectivity index (χ3v) is 4.30. The Kier molecular flexibility index (Phi) is 6.33. The number of fused-ring (bicyclic) bond motifs is 1. The highest BCUT2D eigenvalue weighted by molar-refractivity contribution is 6.03. The number of carbonyl (C=O) groups excluding carboxylic acids is 2. The van der Waals surface area contributed by atoms with Crippen molar-refractivity contribution in [3.05, 3.63) is 64.4 Å². The molecule has 0 saturated heterocycles. The number of nitrogens with zero attached hydrogens (tertiary/aromatic N) is 3. The van der Waals surface area contributed by atoms with Gasteiger partial charge in [-0.1, -0.05) is 43.3 Å². The van der Waals surface area contributed by atoms with Crippen molar-refractivity contribution in [2.75, 3.05) is 11.9 Å². The van der Waals surface area contributed by atoms with E-state index in [1.807, 2.05) is 13.8 Å². The molecule has 0 radical (unpaired) electrons. The van der Waals surface area contributed by atoms with E-state index in [0.29, 0.717) is 34.6 Å². The SMILES string of the molecule is CC(C)CNC(=O)c1ccccc1NC(=O)CCn1nnc2ccccc2c1=O. The normalized spacial score (nSPS) is 10.9. The van der Waals surface area contributed by atoms with Gasteiger partial charge in [-0.05, 0) is 30.2 Å². The van der Waals surface area contributed by atoms with E-state index in [4.69, 9.17) is 0 Å². The molecular weight excluding hydrogens is 370 g/mol. The minimum absolute atomic E-state index is 0.0227.